The average molecular weight is 302 g/mol. The number of rotatable bonds is 2. The molecule has 1 aromatic carbocycles. The van der Waals surface area contributed by atoms with Crippen LogP contribution in [-0.2, 0) is 0 Å². The second kappa shape index (κ2) is 5.34. The van der Waals surface area contributed by atoms with E-state index in [9.17, 15) is 4.79 Å². The maximum Gasteiger partial charge on any atom is 0.263 e. The fourth-order valence-corrected chi connectivity index (χ4v) is 4.30. The van der Waals surface area contributed by atoms with Crippen LogP contribution in [0.15, 0.2) is 18.2 Å². The van der Waals surface area contributed by atoms with E-state index < -0.39 is 0 Å². The first-order valence-corrected chi connectivity index (χ1v) is 8.41. The highest BCUT2D eigenvalue weighted by atomic mass is 32.1. The van der Waals surface area contributed by atoms with Crippen molar-refractivity contribution < 1.29 is 4.79 Å². The van der Waals surface area contributed by atoms with Gasteiger partial charge in [-0.05, 0) is 38.3 Å². The van der Waals surface area contributed by atoms with Gasteiger partial charge in [0.25, 0.3) is 5.91 Å². The Kier molecular flexibility index (Phi) is 3.66. The molecule has 1 amide bonds. The van der Waals surface area contributed by atoms with Crippen molar-refractivity contribution in [2.45, 2.75) is 51.5 Å². The molecule has 0 spiro atoms. The van der Waals surface area contributed by atoms with Crippen LogP contribution >= 0.6 is 11.3 Å². The molecule has 0 radical (unpaired) electrons. The molecular weight excluding hydrogens is 280 g/mol. The third-order valence-corrected chi connectivity index (χ3v) is 5.63. The standard InChI is InChI=1S/C17H22N2OS/c1-11-6-7-12-13(10-11)21-15(14(12)18)16(20)19-17(2)8-4-3-5-9-17/h6-7,10H,3-5,8-9,18H2,1-2H3,(H,19,20). The molecule has 1 saturated carbocycles. The smallest absolute Gasteiger partial charge is 0.263 e. The summed E-state index contributed by atoms with van der Waals surface area (Å²) >= 11 is 1.50. The zero-order chi connectivity index (χ0) is 15.0. The number of anilines is 1. The first kappa shape index (κ1) is 14.4. The molecule has 21 heavy (non-hydrogen) atoms. The van der Waals surface area contributed by atoms with Gasteiger partial charge in [-0.2, -0.15) is 0 Å². The van der Waals surface area contributed by atoms with Crippen molar-refractivity contribution >= 4 is 33.0 Å². The van der Waals surface area contributed by atoms with Gasteiger partial charge in [0.2, 0.25) is 0 Å². The van der Waals surface area contributed by atoms with Gasteiger partial charge in [0.05, 0.1) is 5.69 Å². The van der Waals surface area contributed by atoms with E-state index in [-0.39, 0.29) is 11.4 Å². The van der Waals surface area contributed by atoms with Gasteiger partial charge in [0, 0.05) is 15.6 Å². The predicted octanol–water partition coefficient (Wildman–Crippen LogP) is 4.24. The van der Waals surface area contributed by atoms with Crippen LogP contribution in [-0.4, -0.2) is 11.4 Å². The molecule has 4 heteroatoms. The minimum Gasteiger partial charge on any atom is -0.397 e. The molecule has 1 heterocycles. The van der Waals surface area contributed by atoms with Crippen LogP contribution in [0.1, 0.15) is 54.3 Å². The van der Waals surface area contributed by atoms with Crippen molar-refractivity contribution in [1.29, 1.82) is 0 Å². The van der Waals surface area contributed by atoms with Gasteiger partial charge in [0.1, 0.15) is 4.88 Å². The SMILES string of the molecule is Cc1ccc2c(N)c(C(=O)NC3(C)CCCCC3)sc2c1. The molecule has 0 saturated heterocycles. The number of nitrogens with one attached hydrogen (secondary N) is 1. The lowest BCUT2D eigenvalue weighted by atomic mass is 9.83. The molecule has 1 aliphatic rings. The molecule has 112 valence electrons. The summed E-state index contributed by atoms with van der Waals surface area (Å²) in [5, 5.41) is 4.21. The summed E-state index contributed by atoms with van der Waals surface area (Å²) in [6.07, 6.45) is 5.77. The average Bonchev–Trinajstić information content (AvgIpc) is 2.76. The van der Waals surface area contributed by atoms with Crippen molar-refractivity contribution in [3.05, 3.63) is 28.6 Å². The van der Waals surface area contributed by atoms with E-state index in [1.807, 2.05) is 12.1 Å². The zero-order valence-electron chi connectivity index (χ0n) is 12.7. The van der Waals surface area contributed by atoms with Crippen LogP contribution in [0.2, 0.25) is 0 Å². The summed E-state index contributed by atoms with van der Waals surface area (Å²) in [4.78, 5) is 13.3. The number of hydrogen-bond acceptors (Lipinski definition) is 3. The third kappa shape index (κ3) is 2.77. The van der Waals surface area contributed by atoms with Crippen LogP contribution in [0.5, 0.6) is 0 Å². The maximum absolute atomic E-state index is 12.6. The lowest BCUT2D eigenvalue weighted by Gasteiger charge is -2.34. The van der Waals surface area contributed by atoms with Crippen LogP contribution in [0.3, 0.4) is 0 Å². The summed E-state index contributed by atoms with van der Waals surface area (Å²) in [6, 6.07) is 6.14. The van der Waals surface area contributed by atoms with E-state index >= 15 is 0 Å². The Morgan fingerprint density at radius 1 is 1.29 bits per heavy atom. The molecule has 1 aliphatic carbocycles. The first-order chi connectivity index (χ1) is 9.98. The molecular formula is C17H22N2OS. The predicted molar refractivity (Wildman–Crippen MR) is 89.9 cm³/mol. The molecule has 2 aromatic rings. The van der Waals surface area contributed by atoms with E-state index in [1.165, 1.54) is 36.2 Å². The number of amides is 1. The summed E-state index contributed by atoms with van der Waals surface area (Å²) in [5.41, 5.74) is 7.92. The van der Waals surface area contributed by atoms with Gasteiger partial charge in [-0.1, -0.05) is 31.4 Å². The normalized spacial score (nSPS) is 17.8. The Morgan fingerprint density at radius 2 is 2.00 bits per heavy atom. The minimum absolute atomic E-state index is 0.0178. The monoisotopic (exact) mass is 302 g/mol. The Hall–Kier alpha value is -1.55. The van der Waals surface area contributed by atoms with Gasteiger partial charge >= 0.3 is 0 Å². The lowest BCUT2D eigenvalue weighted by Crippen LogP contribution is -2.47. The lowest BCUT2D eigenvalue weighted by molar-refractivity contribution is 0.0888. The quantitative estimate of drug-likeness (QED) is 0.871. The highest BCUT2D eigenvalue weighted by molar-refractivity contribution is 7.21. The number of fused-ring (bicyclic) bond motifs is 1. The highest BCUT2D eigenvalue weighted by Gasteiger charge is 2.30. The zero-order valence-corrected chi connectivity index (χ0v) is 13.5. The topological polar surface area (TPSA) is 55.1 Å². The molecule has 0 bridgehead atoms. The van der Waals surface area contributed by atoms with E-state index in [1.54, 1.807) is 0 Å². The van der Waals surface area contributed by atoms with Crippen molar-refractivity contribution in [3.63, 3.8) is 0 Å². The van der Waals surface area contributed by atoms with Gasteiger partial charge in [-0.3, -0.25) is 4.79 Å². The minimum atomic E-state index is -0.0755. The van der Waals surface area contributed by atoms with Crippen molar-refractivity contribution in [2.24, 2.45) is 0 Å². The van der Waals surface area contributed by atoms with Gasteiger partial charge < -0.3 is 11.1 Å². The van der Waals surface area contributed by atoms with Crippen LogP contribution in [0.4, 0.5) is 5.69 Å². The Bertz CT molecular complexity index is 683. The second-order valence-corrected chi connectivity index (χ2v) is 7.47. The summed E-state index contributed by atoms with van der Waals surface area (Å²) < 4.78 is 1.09. The first-order valence-electron chi connectivity index (χ1n) is 7.60. The van der Waals surface area contributed by atoms with Crippen molar-refractivity contribution in [1.82, 2.24) is 5.32 Å². The molecule has 1 fully saturated rings. The number of benzene rings is 1. The summed E-state index contributed by atoms with van der Waals surface area (Å²) in [6.45, 7) is 4.20. The number of carbonyl (C=O) groups excluding carboxylic acids is 1. The molecule has 0 unspecified atom stereocenters. The van der Waals surface area contributed by atoms with E-state index in [0.29, 0.717) is 10.6 Å². The Morgan fingerprint density at radius 3 is 2.71 bits per heavy atom. The fourth-order valence-electron chi connectivity index (χ4n) is 3.18. The highest BCUT2D eigenvalue weighted by Crippen LogP contribution is 2.35. The molecule has 3 nitrogen and oxygen atoms in total. The van der Waals surface area contributed by atoms with Crippen LogP contribution < -0.4 is 11.1 Å². The number of nitrogen functional groups attached to an aromatic ring is 1. The van der Waals surface area contributed by atoms with Crippen LogP contribution in [0, 0.1) is 6.92 Å². The molecule has 0 aliphatic heterocycles. The molecule has 0 atom stereocenters. The van der Waals surface area contributed by atoms with E-state index in [0.717, 1.165) is 22.9 Å². The summed E-state index contributed by atoms with van der Waals surface area (Å²) in [7, 11) is 0. The van der Waals surface area contributed by atoms with Gasteiger partial charge in [-0.25, -0.2) is 0 Å². The number of thiophene rings is 1. The van der Waals surface area contributed by atoms with Crippen molar-refractivity contribution in [2.75, 3.05) is 5.73 Å². The third-order valence-electron chi connectivity index (χ3n) is 4.46. The molecule has 1 aromatic heterocycles. The Labute approximate surface area is 129 Å². The number of hydrogen-bond donors (Lipinski definition) is 2. The maximum atomic E-state index is 12.6. The number of carbonyl (C=O) groups is 1. The Balaban J connectivity index is 1.89. The number of aryl methyl sites for hydroxylation is 1. The second-order valence-electron chi connectivity index (χ2n) is 6.42. The molecule has 3 rings (SSSR count). The largest absolute Gasteiger partial charge is 0.397 e. The molecule has 3 N–H and O–H groups in total. The van der Waals surface area contributed by atoms with Crippen LogP contribution in [0.25, 0.3) is 10.1 Å². The fraction of sp³-hybridized carbons (Fsp3) is 0.471. The van der Waals surface area contributed by atoms with E-state index in [2.05, 4.69) is 25.2 Å². The summed E-state index contributed by atoms with van der Waals surface area (Å²) in [5.74, 6) is -0.0178. The van der Waals surface area contributed by atoms with E-state index in [4.69, 9.17) is 5.73 Å². The van der Waals surface area contributed by atoms with Gasteiger partial charge in [-0.15, -0.1) is 11.3 Å². The van der Waals surface area contributed by atoms with Gasteiger partial charge in [0.15, 0.2) is 0 Å². The number of nitrogens with two attached hydrogens (primary N) is 1. The van der Waals surface area contributed by atoms with Crippen molar-refractivity contribution in [3.8, 4) is 0 Å².